The Balaban J connectivity index is 1.94. The van der Waals surface area contributed by atoms with Crippen LogP contribution in [0.5, 0.6) is 0 Å². The first-order chi connectivity index (χ1) is 5.39. The molecule has 0 aromatic carbocycles. The predicted molar refractivity (Wildman–Crippen MR) is 41.2 cm³/mol. The van der Waals surface area contributed by atoms with Crippen molar-refractivity contribution in [1.82, 2.24) is 10.6 Å². The molecule has 0 radical (unpaired) electrons. The Labute approximate surface area is 66.5 Å². The van der Waals surface area contributed by atoms with E-state index in [1.807, 2.05) is 0 Å². The second kappa shape index (κ2) is 1.97. The van der Waals surface area contributed by atoms with Crippen LogP contribution in [0.3, 0.4) is 0 Å². The van der Waals surface area contributed by atoms with Crippen LogP contribution in [0, 0.1) is 5.92 Å². The van der Waals surface area contributed by atoms with Crippen molar-refractivity contribution < 1.29 is 4.74 Å². The summed E-state index contributed by atoms with van der Waals surface area (Å²) in [6.45, 7) is 3.26. The SMILES string of the molecule is C1CC2COC3CC2(CN3)N1. The standard InChI is InChI=1S/C8H14N2O/c1-2-10-8-3-7(9-5-8)11-4-6(1)8/h6-7,9-10H,1-5H2. The number of rotatable bonds is 0. The summed E-state index contributed by atoms with van der Waals surface area (Å²) in [6.07, 6.45) is 2.82. The van der Waals surface area contributed by atoms with E-state index < -0.39 is 0 Å². The minimum atomic E-state index is 0.344. The van der Waals surface area contributed by atoms with E-state index in [4.69, 9.17) is 4.74 Å². The van der Waals surface area contributed by atoms with Gasteiger partial charge in [-0.2, -0.15) is 0 Å². The van der Waals surface area contributed by atoms with E-state index in [-0.39, 0.29) is 0 Å². The highest BCUT2D eigenvalue weighted by molar-refractivity contribution is 5.08. The Morgan fingerprint density at radius 1 is 1.45 bits per heavy atom. The molecule has 3 unspecified atom stereocenters. The first-order valence-corrected chi connectivity index (χ1v) is 4.49. The number of hydrogen-bond donors (Lipinski definition) is 2. The highest BCUT2D eigenvalue weighted by Crippen LogP contribution is 2.38. The van der Waals surface area contributed by atoms with E-state index in [0.717, 1.165) is 19.1 Å². The zero-order valence-corrected chi connectivity index (χ0v) is 6.60. The molecule has 3 rings (SSSR count). The van der Waals surface area contributed by atoms with Gasteiger partial charge < -0.3 is 10.1 Å². The van der Waals surface area contributed by atoms with Crippen molar-refractivity contribution in [3.8, 4) is 0 Å². The van der Waals surface area contributed by atoms with Gasteiger partial charge >= 0.3 is 0 Å². The van der Waals surface area contributed by atoms with Crippen molar-refractivity contribution in [2.24, 2.45) is 5.92 Å². The fraction of sp³-hybridized carbons (Fsp3) is 1.00. The average molecular weight is 154 g/mol. The molecule has 3 aliphatic rings. The van der Waals surface area contributed by atoms with Gasteiger partial charge in [-0.1, -0.05) is 0 Å². The average Bonchev–Trinajstić information content (AvgIpc) is 2.58. The summed E-state index contributed by atoms with van der Waals surface area (Å²) in [5, 5.41) is 7.02. The molecule has 3 aliphatic heterocycles. The maximum Gasteiger partial charge on any atom is 0.110 e. The molecule has 11 heavy (non-hydrogen) atoms. The van der Waals surface area contributed by atoms with E-state index in [0.29, 0.717) is 11.8 Å². The third-order valence-electron chi connectivity index (χ3n) is 3.44. The lowest BCUT2D eigenvalue weighted by atomic mass is 9.84. The monoisotopic (exact) mass is 154 g/mol. The van der Waals surface area contributed by atoms with Crippen LogP contribution < -0.4 is 10.6 Å². The molecule has 2 bridgehead atoms. The van der Waals surface area contributed by atoms with Gasteiger partial charge in [0.25, 0.3) is 0 Å². The lowest BCUT2D eigenvalue weighted by Gasteiger charge is -2.34. The van der Waals surface area contributed by atoms with Crippen molar-refractivity contribution in [2.75, 3.05) is 19.7 Å². The molecule has 2 N–H and O–H groups in total. The Kier molecular flexibility index (Phi) is 1.15. The van der Waals surface area contributed by atoms with Crippen LogP contribution in [-0.4, -0.2) is 31.5 Å². The fourth-order valence-electron chi connectivity index (χ4n) is 2.73. The normalized spacial score (nSPS) is 54.5. The van der Waals surface area contributed by atoms with E-state index in [1.54, 1.807) is 0 Å². The predicted octanol–water partition coefficient (Wildman–Crippen LogP) is -0.316. The summed E-state index contributed by atoms with van der Waals surface area (Å²) in [7, 11) is 0. The Morgan fingerprint density at radius 2 is 2.45 bits per heavy atom. The largest absolute Gasteiger partial charge is 0.363 e. The molecule has 3 atom stereocenters. The summed E-state index contributed by atoms with van der Waals surface area (Å²) in [4.78, 5) is 0. The van der Waals surface area contributed by atoms with Crippen molar-refractivity contribution in [3.05, 3.63) is 0 Å². The molecule has 3 saturated heterocycles. The Hall–Kier alpha value is -0.120. The van der Waals surface area contributed by atoms with Gasteiger partial charge in [0, 0.05) is 24.4 Å². The van der Waals surface area contributed by atoms with Crippen LogP contribution in [0.15, 0.2) is 0 Å². The summed E-state index contributed by atoms with van der Waals surface area (Å²) in [5.41, 5.74) is 0.420. The molecule has 0 aliphatic carbocycles. The van der Waals surface area contributed by atoms with Crippen molar-refractivity contribution in [1.29, 1.82) is 0 Å². The summed E-state index contributed by atoms with van der Waals surface area (Å²) >= 11 is 0. The lowest BCUT2D eigenvalue weighted by molar-refractivity contribution is -0.0220. The minimum absolute atomic E-state index is 0.344. The van der Waals surface area contributed by atoms with Crippen molar-refractivity contribution >= 4 is 0 Å². The Morgan fingerprint density at radius 3 is 3.45 bits per heavy atom. The molecule has 3 heterocycles. The molecule has 1 spiro atoms. The maximum absolute atomic E-state index is 5.63. The zero-order valence-electron chi connectivity index (χ0n) is 6.60. The van der Waals surface area contributed by atoms with Gasteiger partial charge in [0.1, 0.15) is 6.23 Å². The van der Waals surface area contributed by atoms with Gasteiger partial charge in [-0.15, -0.1) is 0 Å². The highest BCUT2D eigenvalue weighted by Gasteiger charge is 2.51. The number of fused-ring (bicyclic) bond motifs is 1. The van der Waals surface area contributed by atoms with Crippen molar-refractivity contribution in [3.63, 3.8) is 0 Å². The van der Waals surface area contributed by atoms with Gasteiger partial charge in [0.05, 0.1) is 6.61 Å². The van der Waals surface area contributed by atoms with Gasteiger partial charge in [0.15, 0.2) is 0 Å². The Bertz CT molecular complexity index is 183. The summed E-state index contributed by atoms with van der Waals surface area (Å²) < 4.78 is 5.63. The number of nitrogens with one attached hydrogen (secondary N) is 2. The molecule has 3 nitrogen and oxygen atoms in total. The first-order valence-electron chi connectivity index (χ1n) is 4.49. The molecule has 0 aromatic rings. The third kappa shape index (κ3) is 0.736. The van der Waals surface area contributed by atoms with Crippen LogP contribution in [0.1, 0.15) is 12.8 Å². The molecule has 3 heteroatoms. The smallest absolute Gasteiger partial charge is 0.110 e. The lowest BCUT2D eigenvalue weighted by Crippen LogP contribution is -2.49. The van der Waals surface area contributed by atoms with Gasteiger partial charge in [-0.05, 0) is 13.0 Å². The highest BCUT2D eigenvalue weighted by atomic mass is 16.5. The quantitative estimate of drug-likeness (QED) is 0.502. The number of ether oxygens (including phenoxy) is 1. The van der Waals surface area contributed by atoms with E-state index in [2.05, 4.69) is 10.6 Å². The second-order valence-electron chi connectivity index (χ2n) is 3.98. The fourth-order valence-corrected chi connectivity index (χ4v) is 2.73. The van der Waals surface area contributed by atoms with Crippen LogP contribution in [0.4, 0.5) is 0 Å². The van der Waals surface area contributed by atoms with Crippen molar-refractivity contribution in [2.45, 2.75) is 24.6 Å². The molecule has 3 fully saturated rings. The van der Waals surface area contributed by atoms with Crippen LogP contribution >= 0.6 is 0 Å². The maximum atomic E-state index is 5.63. The van der Waals surface area contributed by atoms with Gasteiger partial charge in [-0.3, -0.25) is 5.32 Å². The van der Waals surface area contributed by atoms with E-state index in [1.165, 1.54) is 19.4 Å². The molecule has 0 aromatic heterocycles. The molecule has 0 saturated carbocycles. The van der Waals surface area contributed by atoms with E-state index in [9.17, 15) is 0 Å². The van der Waals surface area contributed by atoms with Crippen LogP contribution in [0.2, 0.25) is 0 Å². The summed E-state index contributed by atoms with van der Waals surface area (Å²) in [6, 6.07) is 0. The molecule has 62 valence electrons. The van der Waals surface area contributed by atoms with Gasteiger partial charge in [-0.25, -0.2) is 0 Å². The number of hydrogen-bond acceptors (Lipinski definition) is 3. The van der Waals surface area contributed by atoms with Crippen LogP contribution in [-0.2, 0) is 4.74 Å². The van der Waals surface area contributed by atoms with Gasteiger partial charge in [0.2, 0.25) is 0 Å². The minimum Gasteiger partial charge on any atom is -0.363 e. The first kappa shape index (κ1) is 6.40. The zero-order chi connectivity index (χ0) is 7.31. The molecule has 0 amide bonds. The topological polar surface area (TPSA) is 33.3 Å². The molecular weight excluding hydrogens is 140 g/mol. The van der Waals surface area contributed by atoms with Crippen LogP contribution in [0.25, 0.3) is 0 Å². The molecular formula is C8H14N2O. The second-order valence-corrected chi connectivity index (χ2v) is 3.98. The summed E-state index contributed by atoms with van der Waals surface area (Å²) in [5.74, 6) is 0.772. The van der Waals surface area contributed by atoms with E-state index >= 15 is 0 Å². The third-order valence-corrected chi connectivity index (χ3v) is 3.44.